The summed E-state index contributed by atoms with van der Waals surface area (Å²) in [4.78, 5) is 0. The minimum Gasteiger partial charge on any atom is -0.0843 e. The van der Waals surface area contributed by atoms with Crippen molar-refractivity contribution >= 4 is 17.7 Å². The average molecular weight is 207 g/mol. The van der Waals surface area contributed by atoms with Gasteiger partial charge in [0.1, 0.15) is 0 Å². The average Bonchev–Trinajstić information content (AvgIpc) is 2.71. The molecule has 0 amide bonds. The van der Waals surface area contributed by atoms with E-state index < -0.39 is 0 Å². The molecule has 2 rings (SSSR count). The predicted molar refractivity (Wildman–Crippen MR) is 62.4 cm³/mol. The Labute approximate surface area is 90.6 Å². The van der Waals surface area contributed by atoms with Crippen LogP contribution < -0.4 is 0 Å². The van der Waals surface area contributed by atoms with E-state index in [9.17, 15) is 0 Å². The summed E-state index contributed by atoms with van der Waals surface area (Å²) in [7, 11) is 0. The third kappa shape index (κ3) is 2.19. The molecule has 1 saturated carbocycles. The molecule has 0 bridgehead atoms. The highest BCUT2D eigenvalue weighted by Gasteiger charge is 2.43. The fraction of sp³-hybridized carbons (Fsp3) is 0.385. The highest BCUT2D eigenvalue weighted by molar-refractivity contribution is 6.30. The van der Waals surface area contributed by atoms with Crippen LogP contribution in [-0.4, -0.2) is 0 Å². The van der Waals surface area contributed by atoms with Crippen molar-refractivity contribution in [3.63, 3.8) is 0 Å². The monoisotopic (exact) mass is 206 g/mol. The fourth-order valence-electron chi connectivity index (χ4n) is 1.67. The van der Waals surface area contributed by atoms with Gasteiger partial charge in [0.2, 0.25) is 0 Å². The molecule has 1 aromatic rings. The molecule has 1 aromatic carbocycles. The van der Waals surface area contributed by atoms with Crippen molar-refractivity contribution in [2.45, 2.75) is 20.3 Å². The van der Waals surface area contributed by atoms with Crippen LogP contribution in [0.1, 0.15) is 25.8 Å². The summed E-state index contributed by atoms with van der Waals surface area (Å²) in [5.74, 6) is 0.751. The maximum Gasteiger partial charge on any atom is 0.0411 e. The molecular formula is C13H15Cl. The van der Waals surface area contributed by atoms with Gasteiger partial charge in [0.25, 0.3) is 0 Å². The molecule has 0 heterocycles. The number of halogens is 1. The lowest BCUT2D eigenvalue weighted by atomic mass is 10.1. The van der Waals surface area contributed by atoms with E-state index in [4.69, 9.17) is 11.6 Å². The second kappa shape index (κ2) is 3.43. The van der Waals surface area contributed by atoms with Crippen LogP contribution in [0.15, 0.2) is 30.3 Å². The van der Waals surface area contributed by atoms with Crippen LogP contribution in [0.2, 0.25) is 5.02 Å². The van der Waals surface area contributed by atoms with Crippen molar-refractivity contribution in [3.05, 3.63) is 40.9 Å². The Morgan fingerprint density at radius 2 is 2.14 bits per heavy atom. The van der Waals surface area contributed by atoms with Crippen molar-refractivity contribution in [2.75, 3.05) is 0 Å². The number of hydrogen-bond donors (Lipinski definition) is 0. The van der Waals surface area contributed by atoms with Gasteiger partial charge in [0, 0.05) is 5.02 Å². The molecular weight excluding hydrogens is 192 g/mol. The van der Waals surface area contributed by atoms with Crippen LogP contribution in [-0.2, 0) is 0 Å². The highest BCUT2D eigenvalue weighted by Crippen LogP contribution is 2.52. The first-order valence-corrected chi connectivity index (χ1v) is 5.39. The van der Waals surface area contributed by atoms with Gasteiger partial charge in [-0.15, -0.1) is 0 Å². The van der Waals surface area contributed by atoms with Crippen molar-refractivity contribution in [1.82, 2.24) is 0 Å². The Bertz CT molecular complexity index is 363. The van der Waals surface area contributed by atoms with E-state index in [1.807, 2.05) is 18.2 Å². The Balaban J connectivity index is 2.05. The van der Waals surface area contributed by atoms with E-state index in [1.165, 1.54) is 12.0 Å². The van der Waals surface area contributed by atoms with Crippen LogP contribution in [0, 0.1) is 11.3 Å². The molecule has 0 radical (unpaired) electrons. The number of rotatable bonds is 2. The first-order chi connectivity index (χ1) is 6.58. The highest BCUT2D eigenvalue weighted by atomic mass is 35.5. The summed E-state index contributed by atoms with van der Waals surface area (Å²) < 4.78 is 0. The zero-order chi connectivity index (χ0) is 10.2. The molecule has 1 heteroatoms. The van der Waals surface area contributed by atoms with E-state index in [2.05, 4.69) is 32.1 Å². The quantitative estimate of drug-likeness (QED) is 0.673. The molecule has 1 aliphatic rings. The summed E-state index contributed by atoms with van der Waals surface area (Å²) in [5, 5.41) is 0.808. The van der Waals surface area contributed by atoms with Gasteiger partial charge in [-0.25, -0.2) is 0 Å². The van der Waals surface area contributed by atoms with E-state index in [0.717, 1.165) is 10.9 Å². The molecule has 0 aromatic heterocycles. The van der Waals surface area contributed by atoms with Gasteiger partial charge >= 0.3 is 0 Å². The van der Waals surface area contributed by atoms with Crippen LogP contribution in [0.3, 0.4) is 0 Å². The van der Waals surface area contributed by atoms with Gasteiger partial charge < -0.3 is 0 Å². The summed E-state index contributed by atoms with van der Waals surface area (Å²) in [6.45, 7) is 4.61. The van der Waals surface area contributed by atoms with Gasteiger partial charge in [0.15, 0.2) is 0 Å². The van der Waals surface area contributed by atoms with E-state index >= 15 is 0 Å². The third-order valence-electron chi connectivity index (χ3n) is 2.96. The maximum absolute atomic E-state index is 5.90. The molecule has 0 spiro atoms. The third-order valence-corrected chi connectivity index (χ3v) is 3.19. The minimum atomic E-state index is 0.523. The first kappa shape index (κ1) is 9.79. The predicted octanol–water partition coefficient (Wildman–Crippen LogP) is 4.40. The molecule has 74 valence electrons. The zero-order valence-corrected chi connectivity index (χ0v) is 9.38. The van der Waals surface area contributed by atoms with Gasteiger partial charge in [-0.3, -0.25) is 0 Å². The Hall–Kier alpha value is -0.750. The summed E-state index contributed by atoms with van der Waals surface area (Å²) >= 11 is 5.90. The van der Waals surface area contributed by atoms with Crippen LogP contribution >= 0.6 is 11.6 Å². The van der Waals surface area contributed by atoms with Gasteiger partial charge in [0.05, 0.1) is 0 Å². The number of allylic oxidation sites excluding steroid dienone is 1. The van der Waals surface area contributed by atoms with E-state index in [1.54, 1.807) is 0 Å². The lowest BCUT2D eigenvalue weighted by molar-refractivity contribution is 0.611. The summed E-state index contributed by atoms with van der Waals surface area (Å²) in [6, 6.07) is 7.96. The van der Waals surface area contributed by atoms with E-state index in [-0.39, 0.29) is 0 Å². The van der Waals surface area contributed by atoms with Crippen molar-refractivity contribution in [1.29, 1.82) is 0 Å². The normalized spacial score (nSPS) is 24.1. The van der Waals surface area contributed by atoms with Crippen molar-refractivity contribution < 1.29 is 0 Å². The molecule has 0 N–H and O–H groups in total. The lowest BCUT2D eigenvalue weighted by Gasteiger charge is -1.97. The SMILES string of the molecule is CC1(C)CC1C=Cc1cccc(Cl)c1. The Kier molecular flexibility index (Phi) is 2.40. The standard InChI is InChI=1S/C13H15Cl/c1-13(2)9-11(13)7-6-10-4-3-5-12(14)8-10/h3-8,11H,9H2,1-2H3. The van der Waals surface area contributed by atoms with Crippen molar-refractivity contribution in [3.8, 4) is 0 Å². The maximum atomic E-state index is 5.90. The first-order valence-electron chi connectivity index (χ1n) is 5.02. The molecule has 0 nitrogen and oxygen atoms in total. The second-order valence-electron chi connectivity index (χ2n) is 4.71. The van der Waals surface area contributed by atoms with Gasteiger partial charge in [-0.1, -0.05) is 49.7 Å². The van der Waals surface area contributed by atoms with E-state index in [0.29, 0.717) is 5.41 Å². The molecule has 14 heavy (non-hydrogen) atoms. The smallest absolute Gasteiger partial charge is 0.0411 e. The molecule has 1 atom stereocenters. The molecule has 1 unspecified atom stereocenters. The molecule has 1 aliphatic carbocycles. The topological polar surface area (TPSA) is 0 Å². The Morgan fingerprint density at radius 1 is 1.43 bits per heavy atom. The lowest BCUT2D eigenvalue weighted by Crippen LogP contribution is -1.85. The van der Waals surface area contributed by atoms with Crippen LogP contribution in [0.25, 0.3) is 6.08 Å². The molecule has 1 fully saturated rings. The summed E-state index contributed by atoms with van der Waals surface area (Å²) in [6.07, 6.45) is 5.78. The molecule has 0 saturated heterocycles. The molecule has 0 aliphatic heterocycles. The van der Waals surface area contributed by atoms with Crippen molar-refractivity contribution in [2.24, 2.45) is 11.3 Å². The largest absolute Gasteiger partial charge is 0.0843 e. The van der Waals surface area contributed by atoms with Crippen LogP contribution in [0.5, 0.6) is 0 Å². The number of hydrogen-bond acceptors (Lipinski definition) is 0. The Morgan fingerprint density at radius 3 is 2.71 bits per heavy atom. The van der Waals surface area contributed by atoms with Gasteiger partial charge in [-0.05, 0) is 35.4 Å². The number of benzene rings is 1. The zero-order valence-electron chi connectivity index (χ0n) is 8.63. The second-order valence-corrected chi connectivity index (χ2v) is 5.15. The fourth-order valence-corrected chi connectivity index (χ4v) is 1.87. The minimum absolute atomic E-state index is 0.523. The summed E-state index contributed by atoms with van der Waals surface area (Å²) in [5.41, 5.74) is 1.72. The van der Waals surface area contributed by atoms with Crippen LogP contribution in [0.4, 0.5) is 0 Å². The van der Waals surface area contributed by atoms with Gasteiger partial charge in [-0.2, -0.15) is 0 Å².